The van der Waals surface area contributed by atoms with Crippen LogP contribution in [0.2, 0.25) is 0 Å². The number of hydrogen-bond donors (Lipinski definition) is 5. The minimum absolute atomic E-state index is 0.0267. The topological polar surface area (TPSA) is 145 Å². The summed E-state index contributed by atoms with van der Waals surface area (Å²) in [6, 6.07) is 0. The van der Waals surface area contributed by atoms with Gasteiger partial charge in [-0.3, -0.25) is 4.55 Å². The van der Waals surface area contributed by atoms with E-state index in [0.717, 1.165) is 19.3 Å². The van der Waals surface area contributed by atoms with Gasteiger partial charge in [0.1, 0.15) is 0 Å². The zero-order valence-electron chi connectivity index (χ0n) is 22.5. The van der Waals surface area contributed by atoms with Crippen molar-refractivity contribution in [3.63, 3.8) is 0 Å². The van der Waals surface area contributed by atoms with Crippen molar-refractivity contribution in [3.05, 3.63) is 0 Å². The first-order valence-corrected chi connectivity index (χ1v) is 15.3. The first-order valence-electron chi connectivity index (χ1n) is 13.9. The first-order chi connectivity index (χ1) is 16.5. The van der Waals surface area contributed by atoms with Gasteiger partial charge in [0, 0.05) is 12.3 Å². The Morgan fingerprint density at radius 1 is 0.944 bits per heavy atom. The standard InChI is InChI=1S/C27H48O8S/c1-15(2)22(35-36(32,33)34)7-6-16(3)18-13-20(29)24-26(18,5)11-9-23-25(4)10-8-17(28)12-19(25)21(30)14-27(23,24)31/h15-24,28-31H,6-14H2,1-5H3,(H,32,33,34)/t16-,17+,18-,19?,20+,21+,22+,23?,24?,25+,26-,27+/m1/s1. The van der Waals surface area contributed by atoms with Crippen molar-refractivity contribution in [2.75, 3.05) is 0 Å². The molecule has 0 heterocycles. The lowest BCUT2D eigenvalue weighted by atomic mass is 9.42. The second-order valence-corrected chi connectivity index (χ2v) is 14.7. The Morgan fingerprint density at radius 2 is 1.58 bits per heavy atom. The second-order valence-electron chi connectivity index (χ2n) is 13.6. The first kappa shape index (κ1) is 28.7. The van der Waals surface area contributed by atoms with Crippen LogP contribution >= 0.6 is 0 Å². The molecule has 5 N–H and O–H groups in total. The van der Waals surface area contributed by atoms with Gasteiger partial charge in [-0.25, -0.2) is 4.18 Å². The predicted octanol–water partition coefficient (Wildman–Crippen LogP) is 3.32. The summed E-state index contributed by atoms with van der Waals surface area (Å²) in [7, 11) is -4.53. The molecule has 4 saturated carbocycles. The zero-order valence-corrected chi connectivity index (χ0v) is 23.3. The number of fused-ring (bicyclic) bond motifs is 5. The molecule has 9 heteroatoms. The molecule has 36 heavy (non-hydrogen) atoms. The summed E-state index contributed by atoms with van der Waals surface area (Å²) in [6.45, 7) is 10.2. The Balaban J connectivity index is 1.55. The maximum Gasteiger partial charge on any atom is 0.397 e. The quantitative estimate of drug-likeness (QED) is 0.314. The molecule has 4 aliphatic carbocycles. The van der Waals surface area contributed by atoms with E-state index in [1.807, 2.05) is 13.8 Å². The van der Waals surface area contributed by atoms with Crippen molar-refractivity contribution in [3.8, 4) is 0 Å². The molecule has 8 nitrogen and oxygen atoms in total. The average molecular weight is 533 g/mol. The summed E-state index contributed by atoms with van der Waals surface area (Å²) in [5.74, 6) is -0.203. The fraction of sp³-hybridized carbons (Fsp3) is 1.00. The Bertz CT molecular complexity index is 909. The summed E-state index contributed by atoms with van der Waals surface area (Å²) in [4.78, 5) is 0. The van der Waals surface area contributed by atoms with Crippen molar-refractivity contribution >= 4 is 10.4 Å². The molecule has 0 amide bonds. The normalized spacial score (nSPS) is 48.7. The third kappa shape index (κ3) is 4.80. The molecule has 0 saturated heterocycles. The van der Waals surface area contributed by atoms with Crippen LogP contribution in [0, 0.1) is 46.3 Å². The van der Waals surface area contributed by atoms with E-state index >= 15 is 0 Å². The van der Waals surface area contributed by atoms with Gasteiger partial charge >= 0.3 is 10.4 Å². The lowest BCUT2D eigenvalue weighted by Gasteiger charge is -2.66. The highest BCUT2D eigenvalue weighted by atomic mass is 32.3. The van der Waals surface area contributed by atoms with E-state index in [0.29, 0.717) is 32.1 Å². The molecule has 0 aromatic rings. The van der Waals surface area contributed by atoms with Gasteiger partial charge < -0.3 is 20.4 Å². The van der Waals surface area contributed by atoms with Crippen molar-refractivity contribution in [1.29, 1.82) is 0 Å². The SMILES string of the molecule is CC(C)[C@H](CC[C@@H](C)[C@H]1C[C@H](O)C2[C@]3(O)C[C@H](O)C4C[C@@H](O)CC[C@]4(C)C3CC[C@@]21C)OS(=O)(=O)O. The fourth-order valence-electron chi connectivity index (χ4n) is 9.68. The summed E-state index contributed by atoms with van der Waals surface area (Å²) in [5, 5.41) is 45.3. The van der Waals surface area contributed by atoms with E-state index in [-0.39, 0.29) is 52.8 Å². The van der Waals surface area contributed by atoms with Gasteiger partial charge in [-0.1, -0.05) is 34.6 Å². The summed E-state index contributed by atoms with van der Waals surface area (Å²) < 4.78 is 36.7. The summed E-state index contributed by atoms with van der Waals surface area (Å²) in [6.07, 6.45) is 3.28. The Hall–Kier alpha value is -0.290. The van der Waals surface area contributed by atoms with E-state index in [1.54, 1.807) is 0 Å². The molecular formula is C27H48O8S. The maximum absolute atomic E-state index is 12.4. The fourth-order valence-corrected chi connectivity index (χ4v) is 10.3. The van der Waals surface area contributed by atoms with Crippen LogP contribution in [0.3, 0.4) is 0 Å². The predicted molar refractivity (Wildman–Crippen MR) is 135 cm³/mol. The molecule has 0 spiro atoms. The van der Waals surface area contributed by atoms with Crippen molar-refractivity contribution in [2.24, 2.45) is 46.3 Å². The monoisotopic (exact) mass is 532 g/mol. The number of aliphatic hydroxyl groups is 4. The van der Waals surface area contributed by atoms with Crippen LogP contribution in [-0.2, 0) is 14.6 Å². The lowest BCUT2D eigenvalue weighted by molar-refractivity contribution is -0.263. The molecule has 3 unspecified atom stereocenters. The Labute approximate surface area is 216 Å². The number of hydrogen-bond acceptors (Lipinski definition) is 7. The van der Waals surface area contributed by atoms with Gasteiger partial charge in [0.05, 0.1) is 30.0 Å². The van der Waals surface area contributed by atoms with Crippen molar-refractivity contribution in [2.45, 2.75) is 122 Å². The van der Waals surface area contributed by atoms with Crippen LogP contribution in [0.15, 0.2) is 0 Å². The van der Waals surface area contributed by atoms with Crippen LogP contribution in [0.1, 0.15) is 92.4 Å². The maximum atomic E-state index is 12.4. The molecule has 0 bridgehead atoms. The molecule has 4 aliphatic rings. The highest BCUT2D eigenvalue weighted by Crippen LogP contribution is 2.69. The Morgan fingerprint density at radius 3 is 2.19 bits per heavy atom. The third-order valence-corrected chi connectivity index (χ3v) is 11.8. The van der Waals surface area contributed by atoms with Crippen LogP contribution < -0.4 is 0 Å². The molecule has 0 aliphatic heterocycles. The summed E-state index contributed by atoms with van der Waals surface area (Å²) in [5.41, 5.74) is -1.74. The van der Waals surface area contributed by atoms with Crippen molar-refractivity contribution < 1.29 is 37.6 Å². The minimum Gasteiger partial charge on any atom is -0.393 e. The van der Waals surface area contributed by atoms with Crippen LogP contribution in [0.4, 0.5) is 0 Å². The van der Waals surface area contributed by atoms with E-state index < -0.39 is 40.4 Å². The minimum atomic E-state index is -4.53. The summed E-state index contributed by atoms with van der Waals surface area (Å²) >= 11 is 0. The van der Waals surface area contributed by atoms with E-state index in [4.69, 9.17) is 4.18 Å². The van der Waals surface area contributed by atoms with E-state index in [1.165, 1.54) is 0 Å². The number of aliphatic hydroxyl groups excluding tert-OH is 3. The van der Waals surface area contributed by atoms with Gasteiger partial charge in [0.25, 0.3) is 0 Å². The molecule has 0 aromatic carbocycles. The molecular weight excluding hydrogens is 484 g/mol. The molecule has 0 radical (unpaired) electrons. The largest absolute Gasteiger partial charge is 0.397 e. The van der Waals surface area contributed by atoms with Crippen LogP contribution in [-0.4, -0.2) is 63.4 Å². The van der Waals surface area contributed by atoms with Gasteiger partial charge in [-0.15, -0.1) is 0 Å². The second kappa shape index (κ2) is 9.72. The number of rotatable bonds is 7. The van der Waals surface area contributed by atoms with Crippen LogP contribution in [0.25, 0.3) is 0 Å². The van der Waals surface area contributed by atoms with Gasteiger partial charge in [-0.2, -0.15) is 8.42 Å². The smallest absolute Gasteiger partial charge is 0.393 e. The molecule has 210 valence electrons. The molecule has 4 rings (SSSR count). The van der Waals surface area contributed by atoms with E-state index in [9.17, 15) is 33.4 Å². The van der Waals surface area contributed by atoms with Gasteiger partial charge in [0.15, 0.2) is 0 Å². The average Bonchev–Trinajstić information content (AvgIpc) is 3.02. The third-order valence-electron chi connectivity index (χ3n) is 11.3. The zero-order chi connectivity index (χ0) is 26.8. The lowest BCUT2D eigenvalue weighted by Crippen LogP contribution is -2.68. The highest BCUT2D eigenvalue weighted by Gasteiger charge is 2.70. The van der Waals surface area contributed by atoms with Gasteiger partial charge in [-0.05, 0) is 91.8 Å². The van der Waals surface area contributed by atoms with Gasteiger partial charge in [0.2, 0.25) is 0 Å². The highest BCUT2D eigenvalue weighted by molar-refractivity contribution is 7.80. The Kier molecular flexibility index (Phi) is 7.75. The molecule has 12 atom stereocenters. The molecule has 4 fully saturated rings. The van der Waals surface area contributed by atoms with Crippen molar-refractivity contribution in [1.82, 2.24) is 0 Å². The van der Waals surface area contributed by atoms with E-state index in [2.05, 4.69) is 20.8 Å². The van der Waals surface area contributed by atoms with Crippen LogP contribution in [0.5, 0.6) is 0 Å². The molecule has 0 aromatic heterocycles.